The van der Waals surface area contributed by atoms with Crippen LogP contribution < -0.4 is 15.8 Å². The van der Waals surface area contributed by atoms with E-state index >= 15 is 0 Å². The average Bonchev–Trinajstić information content (AvgIpc) is 2.83. The summed E-state index contributed by atoms with van der Waals surface area (Å²) in [7, 11) is 1.55. The summed E-state index contributed by atoms with van der Waals surface area (Å²) >= 11 is 1.76. The lowest BCUT2D eigenvalue weighted by atomic mass is 10.1. The lowest BCUT2D eigenvalue weighted by Crippen LogP contribution is -2.33. The molecule has 0 aliphatic heterocycles. The van der Waals surface area contributed by atoms with E-state index in [1.165, 1.54) is 9.75 Å². The van der Waals surface area contributed by atoms with E-state index in [2.05, 4.69) is 24.4 Å². The van der Waals surface area contributed by atoms with Gasteiger partial charge >= 0.3 is 0 Å². The summed E-state index contributed by atoms with van der Waals surface area (Å²) < 4.78 is 5.09. The van der Waals surface area contributed by atoms with Gasteiger partial charge in [0.05, 0.1) is 12.8 Å². The predicted octanol–water partition coefficient (Wildman–Crippen LogP) is 3.01. The molecule has 1 heterocycles. The van der Waals surface area contributed by atoms with Crippen LogP contribution in [-0.2, 0) is 6.42 Å². The van der Waals surface area contributed by atoms with E-state index in [0.717, 1.165) is 6.42 Å². The van der Waals surface area contributed by atoms with E-state index in [1.807, 2.05) is 6.92 Å². The van der Waals surface area contributed by atoms with Gasteiger partial charge in [0, 0.05) is 27.8 Å². The Morgan fingerprint density at radius 1 is 1.38 bits per heavy atom. The van der Waals surface area contributed by atoms with Crippen LogP contribution in [0.3, 0.4) is 0 Å². The van der Waals surface area contributed by atoms with Gasteiger partial charge < -0.3 is 15.8 Å². The number of amides is 1. The molecule has 1 unspecified atom stereocenters. The second-order valence-electron chi connectivity index (χ2n) is 5.05. The molecule has 5 heteroatoms. The number of hydrogen-bond acceptors (Lipinski definition) is 4. The summed E-state index contributed by atoms with van der Waals surface area (Å²) in [5, 5.41) is 2.99. The highest BCUT2D eigenvalue weighted by Crippen LogP contribution is 2.22. The number of methoxy groups -OCH3 is 1. The van der Waals surface area contributed by atoms with Gasteiger partial charge in [0.15, 0.2) is 0 Å². The molecule has 0 bridgehead atoms. The van der Waals surface area contributed by atoms with Crippen LogP contribution in [-0.4, -0.2) is 19.1 Å². The van der Waals surface area contributed by atoms with Crippen molar-refractivity contribution in [1.82, 2.24) is 5.32 Å². The molecule has 2 aromatic rings. The number of nitrogens with one attached hydrogen (secondary N) is 1. The van der Waals surface area contributed by atoms with Crippen molar-refractivity contribution >= 4 is 22.9 Å². The highest BCUT2D eigenvalue weighted by Gasteiger charge is 2.12. The van der Waals surface area contributed by atoms with Crippen LogP contribution in [0.1, 0.15) is 27.0 Å². The molecule has 1 aromatic heterocycles. The molecule has 1 amide bonds. The van der Waals surface area contributed by atoms with Crippen molar-refractivity contribution < 1.29 is 9.53 Å². The number of aryl methyl sites for hydroxylation is 1. The minimum atomic E-state index is -0.120. The number of carbonyl (C=O) groups is 1. The maximum Gasteiger partial charge on any atom is 0.251 e. The number of thiophene rings is 1. The fraction of sp³-hybridized carbons (Fsp3) is 0.312. The van der Waals surface area contributed by atoms with Crippen LogP contribution in [0.5, 0.6) is 5.75 Å². The first-order valence-electron chi connectivity index (χ1n) is 6.79. The van der Waals surface area contributed by atoms with Crippen molar-refractivity contribution in [3.63, 3.8) is 0 Å². The smallest absolute Gasteiger partial charge is 0.251 e. The summed E-state index contributed by atoms with van der Waals surface area (Å²) in [5.41, 5.74) is 6.83. The maximum atomic E-state index is 12.2. The molecule has 0 saturated carbocycles. The van der Waals surface area contributed by atoms with Gasteiger partial charge in [-0.25, -0.2) is 0 Å². The molecule has 112 valence electrons. The van der Waals surface area contributed by atoms with Crippen molar-refractivity contribution in [3.05, 3.63) is 45.6 Å². The summed E-state index contributed by atoms with van der Waals surface area (Å²) in [6.07, 6.45) is 0.829. The summed E-state index contributed by atoms with van der Waals surface area (Å²) in [6.45, 7) is 4.08. The van der Waals surface area contributed by atoms with Crippen LogP contribution >= 0.6 is 11.3 Å². The molecule has 0 aliphatic carbocycles. The Bertz CT molecular complexity index is 637. The third-order valence-corrected chi connectivity index (χ3v) is 4.20. The highest BCUT2D eigenvalue weighted by molar-refractivity contribution is 7.11. The summed E-state index contributed by atoms with van der Waals surface area (Å²) in [6, 6.07) is 9.33. The molecule has 21 heavy (non-hydrogen) atoms. The molecule has 2 rings (SSSR count). The molecule has 1 atom stereocenters. The van der Waals surface area contributed by atoms with E-state index in [-0.39, 0.29) is 11.9 Å². The van der Waals surface area contributed by atoms with Gasteiger partial charge in [0.2, 0.25) is 0 Å². The lowest BCUT2D eigenvalue weighted by molar-refractivity contribution is 0.0940. The first-order chi connectivity index (χ1) is 9.99. The number of carbonyl (C=O) groups excluding carboxylic acids is 1. The zero-order chi connectivity index (χ0) is 15.4. The molecule has 4 nitrogen and oxygen atoms in total. The predicted molar refractivity (Wildman–Crippen MR) is 87.1 cm³/mol. The Kier molecular flexibility index (Phi) is 4.85. The van der Waals surface area contributed by atoms with Gasteiger partial charge in [0.25, 0.3) is 5.91 Å². The normalized spacial score (nSPS) is 12.0. The van der Waals surface area contributed by atoms with Gasteiger partial charge in [-0.05, 0) is 44.2 Å². The van der Waals surface area contributed by atoms with Crippen molar-refractivity contribution in [3.8, 4) is 5.75 Å². The van der Waals surface area contributed by atoms with Gasteiger partial charge in [0.1, 0.15) is 5.75 Å². The van der Waals surface area contributed by atoms with E-state index in [9.17, 15) is 4.79 Å². The Morgan fingerprint density at radius 2 is 2.14 bits per heavy atom. The molecule has 0 radical (unpaired) electrons. The van der Waals surface area contributed by atoms with Crippen LogP contribution in [0.15, 0.2) is 30.3 Å². The standard InChI is InChI=1S/C16H20N2O2S/c1-10(8-13-6-4-11(2)21-13)18-16(19)12-5-7-15(20-3)14(17)9-12/h4-7,9-10H,8,17H2,1-3H3,(H,18,19). The van der Waals surface area contributed by atoms with Gasteiger partial charge in [-0.15, -0.1) is 11.3 Å². The molecule has 3 N–H and O–H groups in total. The number of benzene rings is 1. The van der Waals surface area contributed by atoms with Gasteiger partial charge in [-0.1, -0.05) is 0 Å². The number of anilines is 1. The number of ether oxygens (including phenoxy) is 1. The largest absolute Gasteiger partial charge is 0.495 e. The first-order valence-corrected chi connectivity index (χ1v) is 7.61. The molecule has 0 fully saturated rings. The average molecular weight is 304 g/mol. The fourth-order valence-corrected chi connectivity index (χ4v) is 3.15. The quantitative estimate of drug-likeness (QED) is 0.835. The molecule has 0 aliphatic rings. The summed E-state index contributed by atoms with van der Waals surface area (Å²) in [5.74, 6) is 0.457. The number of hydrogen-bond donors (Lipinski definition) is 2. The Labute approximate surface area is 128 Å². The van der Waals surface area contributed by atoms with Crippen molar-refractivity contribution in [2.24, 2.45) is 0 Å². The molecular weight excluding hydrogens is 284 g/mol. The van der Waals surface area contributed by atoms with Crippen LogP contribution in [0.2, 0.25) is 0 Å². The Hall–Kier alpha value is -2.01. The monoisotopic (exact) mass is 304 g/mol. The minimum absolute atomic E-state index is 0.0684. The van der Waals surface area contributed by atoms with Gasteiger partial charge in [-0.2, -0.15) is 0 Å². The maximum absolute atomic E-state index is 12.2. The number of rotatable bonds is 5. The molecular formula is C16H20N2O2S. The van der Waals surface area contributed by atoms with Crippen LogP contribution in [0.25, 0.3) is 0 Å². The second kappa shape index (κ2) is 6.63. The van der Waals surface area contributed by atoms with Crippen molar-refractivity contribution in [2.45, 2.75) is 26.3 Å². The van der Waals surface area contributed by atoms with E-state index < -0.39 is 0 Å². The van der Waals surface area contributed by atoms with Crippen molar-refractivity contribution in [1.29, 1.82) is 0 Å². The van der Waals surface area contributed by atoms with E-state index in [0.29, 0.717) is 17.0 Å². The zero-order valence-electron chi connectivity index (χ0n) is 12.5. The minimum Gasteiger partial charge on any atom is -0.495 e. The number of nitrogens with two attached hydrogens (primary N) is 1. The van der Waals surface area contributed by atoms with Crippen molar-refractivity contribution in [2.75, 3.05) is 12.8 Å². The molecule has 0 spiro atoms. The Morgan fingerprint density at radius 3 is 2.71 bits per heavy atom. The lowest BCUT2D eigenvalue weighted by Gasteiger charge is -2.14. The van der Waals surface area contributed by atoms with Crippen LogP contribution in [0.4, 0.5) is 5.69 Å². The highest BCUT2D eigenvalue weighted by atomic mass is 32.1. The fourth-order valence-electron chi connectivity index (χ4n) is 2.13. The topological polar surface area (TPSA) is 64.3 Å². The zero-order valence-corrected chi connectivity index (χ0v) is 13.3. The van der Waals surface area contributed by atoms with Crippen LogP contribution in [0, 0.1) is 6.92 Å². The van der Waals surface area contributed by atoms with E-state index in [1.54, 1.807) is 36.6 Å². The summed E-state index contributed by atoms with van der Waals surface area (Å²) in [4.78, 5) is 14.8. The first kappa shape index (κ1) is 15.4. The third-order valence-electron chi connectivity index (χ3n) is 3.17. The Balaban J connectivity index is 1.98. The van der Waals surface area contributed by atoms with Gasteiger partial charge in [-0.3, -0.25) is 4.79 Å². The second-order valence-corrected chi connectivity index (χ2v) is 6.42. The molecule has 0 saturated heterocycles. The van der Waals surface area contributed by atoms with E-state index in [4.69, 9.17) is 10.5 Å². The SMILES string of the molecule is COc1ccc(C(=O)NC(C)Cc2ccc(C)s2)cc1N. The third kappa shape index (κ3) is 3.98. The number of nitrogen functional groups attached to an aromatic ring is 1. The molecule has 1 aromatic carbocycles.